The van der Waals surface area contributed by atoms with Gasteiger partial charge in [0.1, 0.15) is 5.75 Å². The third-order valence-corrected chi connectivity index (χ3v) is 4.87. The van der Waals surface area contributed by atoms with Crippen LogP contribution in [0.4, 0.5) is 5.69 Å². The highest BCUT2D eigenvalue weighted by atomic mass is 79.9. The van der Waals surface area contributed by atoms with Crippen LogP contribution in [0.15, 0.2) is 88.5 Å². The minimum absolute atomic E-state index is 0.140. The number of para-hydroxylation sites is 1. The summed E-state index contributed by atoms with van der Waals surface area (Å²) in [6.07, 6.45) is 0. The summed E-state index contributed by atoms with van der Waals surface area (Å²) >= 11 is 3.40. The number of aromatic hydroxyl groups is 1. The molecule has 6 heteroatoms. The Hall–Kier alpha value is -3.12. The molecule has 1 amide bonds. The van der Waals surface area contributed by atoms with Crippen LogP contribution in [0.1, 0.15) is 18.1 Å². The number of hydrogen-bond acceptors (Lipinski definition) is 4. The number of phenols is 1. The molecule has 0 bridgehead atoms. The molecule has 0 heterocycles. The molecule has 0 unspecified atom stereocenters. The van der Waals surface area contributed by atoms with E-state index in [1.54, 1.807) is 23.1 Å². The van der Waals surface area contributed by atoms with E-state index < -0.39 is 0 Å². The standard InChI is InChI=1S/C23H21BrN2O3/c1-17(18-7-3-2-4-8-18)25-29-16-23(28)26(21-13-11-20(24)12-14-21)15-19-9-5-6-10-22(19)27/h2-14,27H,15-16H2,1H3/b25-17+. The van der Waals surface area contributed by atoms with Gasteiger partial charge in [-0.1, -0.05) is 69.6 Å². The first-order chi connectivity index (χ1) is 14.0. The molecule has 0 radical (unpaired) electrons. The van der Waals surface area contributed by atoms with Crippen molar-refractivity contribution in [2.24, 2.45) is 5.16 Å². The van der Waals surface area contributed by atoms with E-state index in [0.717, 1.165) is 10.0 Å². The predicted octanol–water partition coefficient (Wildman–Crippen LogP) is 5.13. The smallest absolute Gasteiger partial charge is 0.268 e. The SMILES string of the molecule is C/C(=N\OCC(=O)N(Cc1ccccc1O)c1ccc(Br)cc1)c1ccccc1. The first kappa shape index (κ1) is 20.6. The third kappa shape index (κ3) is 5.68. The minimum atomic E-state index is -0.264. The van der Waals surface area contributed by atoms with E-state index in [4.69, 9.17) is 4.84 Å². The quantitative estimate of drug-likeness (QED) is 0.399. The summed E-state index contributed by atoms with van der Waals surface area (Å²) in [5.41, 5.74) is 2.97. The molecule has 0 aromatic heterocycles. The molecule has 3 rings (SSSR count). The maximum Gasteiger partial charge on any atom is 0.268 e. The highest BCUT2D eigenvalue weighted by molar-refractivity contribution is 9.10. The number of nitrogens with zero attached hydrogens (tertiary/aromatic N) is 2. The second-order valence-corrected chi connectivity index (χ2v) is 7.32. The van der Waals surface area contributed by atoms with Crippen molar-refractivity contribution >= 4 is 33.2 Å². The molecule has 148 valence electrons. The Bertz CT molecular complexity index is 989. The van der Waals surface area contributed by atoms with Crippen molar-refractivity contribution < 1.29 is 14.7 Å². The van der Waals surface area contributed by atoms with Gasteiger partial charge in [-0.2, -0.15) is 0 Å². The van der Waals surface area contributed by atoms with Gasteiger partial charge in [0.25, 0.3) is 5.91 Å². The predicted molar refractivity (Wildman–Crippen MR) is 118 cm³/mol. The number of anilines is 1. The molecule has 3 aromatic rings. The summed E-state index contributed by atoms with van der Waals surface area (Å²) in [5, 5.41) is 14.2. The van der Waals surface area contributed by atoms with E-state index in [1.807, 2.05) is 67.6 Å². The average molecular weight is 453 g/mol. The Morgan fingerprint density at radius 2 is 1.66 bits per heavy atom. The van der Waals surface area contributed by atoms with E-state index in [-0.39, 0.29) is 24.8 Å². The number of phenolic OH excluding ortho intramolecular Hbond substituents is 1. The second-order valence-electron chi connectivity index (χ2n) is 6.40. The second kappa shape index (κ2) is 9.89. The van der Waals surface area contributed by atoms with Gasteiger partial charge >= 0.3 is 0 Å². The molecule has 5 nitrogen and oxygen atoms in total. The van der Waals surface area contributed by atoms with Crippen molar-refractivity contribution in [3.05, 3.63) is 94.5 Å². The molecule has 1 N–H and O–H groups in total. The van der Waals surface area contributed by atoms with Gasteiger partial charge in [0.05, 0.1) is 12.3 Å². The van der Waals surface area contributed by atoms with Gasteiger partial charge in [0, 0.05) is 15.7 Å². The normalized spacial score (nSPS) is 11.2. The summed E-state index contributed by atoms with van der Waals surface area (Å²) in [6.45, 7) is 1.83. The van der Waals surface area contributed by atoms with E-state index in [9.17, 15) is 9.90 Å². The molecular weight excluding hydrogens is 432 g/mol. The van der Waals surface area contributed by atoms with Crippen molar-refractivity contribution in [1.29, 1.82) is 0 Å². The number of carbonyl (C=O) groups is 1. The topological polar surface area (TPSA) is 62.1 Å². The van der Waals surface area contributed by atoms with Crippen LogP contribution in [0.25, 0.3) is 0 Å². The Morgan fingerprint density at radius 1 is 1.00 bits per heavy atom. The van der Waals surface area contributed by atoms with Gasteiger partial charge in [-0.05, 0) is 42.8 Å². The van der Waals surface area contributed by atoms with Crippen molar-refractivity contribution in [2.75, 3.05) is 11.5 Å². The number of rotatable bonds is 7. The zero-order valence-corrected chi connectivity index (χ0v) is 17.5. The maximum absolute atomic E-state index is 12.9. The lowest BCUT2D eigenvalue weighted by atomic mass is 10.1. The summed E-state index contributed by atoms with van der Waals surface area (Å²) in [7, 11) is 0. The lowest BCUT2D eigenvalue weighted by Crippen LogP contribution is -2.33. The van der Waals surface area contributed by atoms with E-state index in [0.29, 0.717) is 17.0 Å². The molecule has 3 aromatic carbocycles. The molecule has 0 fully saturated rings. The van der Waals surface area contributed by atoms with Gasteiger partial charge in [0.2, 0.25) is 0 Å². The summed E-state index contributed by atoms with van der Waals surface area (Å²) in [5.74, 6) is -0.124. The highest BCUT2D eigenvalue weighted by Gasteiger charge is 2.18. The average Bonchev–Trinajstić information content (AvgIpc) is 2.74. The number of carbonyl (C=O) groups excluding carboxylic acids is 1. The van der Waals surface area contributed by atoms with Crippen LogP contribution in [-0.4, -0.2) is 23.3 Å². The zero-order valence-electron chi connectivity index (χ0n) is 16.0. The van der Waals surface area contributed by atoms with Crippen LogP contribution < -0.4 is 4.90 Å². The maximum atomic E-state index is 12.9. The van der Waals surface area contributed by atoms with Crippen LogP contribution in [0.5, 0.6) is 5.75 Å². The van der Waals surface area contributed by atoms with Crippen LogP contribution in [0.3, 0.4) is 0 Å². The third-order valence-electron chi connectivity index (χ3n) is 4.34. The number of hydrogen-bond donors (Lipinski definition) is 1. The van der Waals surface area contributed by atoms with E-state index in [1.165, 1.54) is 0 Å². The fourth-order valence-electron chi connectivity index (χ4n) is 2.75. The Labute approximate surface area is 178 Å². The first-order valence-corrected chi connectivity index (χ1v) is 9.88. The fourth-order valence-corrected chi connectivity index (χ4v) is 3.02. The Morgan fingerprint density at radius 3 is 2.34 bits per heavy atom. The number of oxime groups is 1. The van der Waals surface area contributed by atoms with E-state index in [2.05, 4.69) is 21.1 Å². The van der Waals surface area contributed by atoms with Gasteiger partial charge in [0.15, 0.2) is 6.61 Å². The zero-order chi connectivity index (χ0) is 20.6. The van der Waals surface area contributed by atoms with E-state index >= 15 is 0 Å². The monoisotopic (exact) mass is 452 g/mol. The molecule has 29 heavy (non-hydrogen) atoms. The Balaban J connectivity index is 1.75. The molecule has 0 spiro atoms. The Kier molecular flexibility index (Phi) is 7.03. The lowest BCUT2D eigenvalue weighted by Gasteiger charge is -2.23. The van der Waals surface area contributed by atoms with Crippen LogP contribution >= 0.6 is 15.9 Å². The molecule has 0 aliphatic carbocycles. The van der Waals surface area contributed by atoms with Crippen LogP contribution in [0.2, 0.25) is 0 Å². The molecule has 0 aliphatic heterocycles. The van der Waals surface area contributed by atoms with Gasteiger partial charge in [-0.15, -0.1) is 0 Å². The largest absolute Gasteiger partial charge is 0.508 e. The summed E-state index contributed by atoms with van der Waals surface area (Å²) in [4.78, 5) is 19.8. The lowest BCUT2D eigenvalue weighted by molar-refractivity contribution is -0.123. The molecule has 0 saturated carbocycles. The van der Waals surface area contributed by atoms with Crippen molar-refractivity contribution in [1.82, 2.24) is 0 Å². The number of amides is 1. The summed E-state index contributed by atoms with van der Waals surface area (Å²) in [6, 6.07) is 24.0. The van der Waals surface area contributed by atoms with Gasteiger partial charge in [-0.25, -0.2) is 0 Å². The molecule has 0 saturated heterocycles. The fraction of sp³-hybridized carbons (Fsp3) is 0.130. The first-order valence-electron chi connectivity index (χ1n) is 9.09. The van der Waals surface area contributed by atoms with Crippen molar-refractivity contribution in [2.45, 2.75) is 13.5 Å². The van der Waals surface area contributed by atoms with Crippen molar-refractivity contribution in [3.63, 3.8) is 0 Å². The molecule has 0 aliphatic rings. The summed E-state index contributed by atoms with van der Waals surface area (Å²) < 4.78 is 0.913. The van der Waals surface area contributed by atoms with Gasteiger partial charge in [-0.3, -0.25) is 4.79 Å². The highest BCUT2D eigenvalue weighted by Crippen LogP contribution is 2.24. The minimum Gasteiger partial charge on any atom is -0.508 e. The molecular formula is C23H21BrN2O3. The van der Waals surface area contributed by atoms with Crippen LogP contribution in [-0.2, 0) is 16.2 Å². The number of benzene rings is 3. The number of halogens is 1. The molecule has 0 atom stereocenters. The van der Waals surface area contributed by atoms with Crippen molar-refractivity contribution in [3.8, 4) is 5.75 Å². The van der Waals surface area contributed by atoms with Gasteiger partial charge < -0.3 is 14.8 Å². The van der Waals surface area contributed by atoms with Crippen LogP contribution in [0, 0.1) is 0 Å².